The Bertz CT molecular complexity index is 740. The second-order valence-electron chi connectivity index (χ2n) is 4.74. The fourth-order valence-corrected chi connectivity index (χ4v) is 2.07. The second kappa shape index (κ2) is 6.54. The van der Waals surface area contributed by atoms with E-state index in [9.17, 15) is 4.79 Å². The van der Waals surface area contributed by atoms with E-state index in [0.29, 0.717) is 5.82 Å². The lowest BCUT2D eigenvalue weighted by Crippen LogP contribution is -2.19. The molecule has 0 unspecified atom stereocenters. The molecule has 1 aromatic heterocycles. The Balaban J connectivity index is 1.65. The Morgan fingerprint density at radius 3 is 2.05 bits per heavy atom. The van der Waals surface area contributed by atoms with Crippen LogP contribution in [0, 0.1) is 0 Å². The van der Waals surface area contributed by atoms with Crippen LogP contribution in [-0.4, -0.2) is 11.0 Å². The summed E-state index contributed by atoms with van der Waals surface area (Å²) in [6, 6.07) is 22.6. The fourth-order valence-electron chi connectivity index (χ4n) is 2.07. The zero-order valence-electron chi connectivity index (χ0n) is 11.9. The van der Waals surface area contributed by atoms with E-state index in [1.54, 1.807) is 12.3 Å². The van der Waals surface area contributed by atoms with Gasteiger partial charge in [-0.1, -0.05) is 48.5 Å². The molecule has 2 amide bonds. The summed E-state index contributed by atoms with van der Waals surface area (Å²) >= 11 is 0. The van der Waals surface area contributed by atoms with Crippen LogP contribution in [0.4, 0.5) is 16.3 Å². The molecule has 0 bridgehead atoms. The number of hydrogen-bond acceptors (Lipinski definition) is 2. The number of aromatic nitrogens is 1. The van der Waals surface area contributed by atoms with Gasteiger partial charge < -0.3 is 5.32 Å². The highest BCUT2D eigenvalue weighted by Gasteiger charge is 2.04. The van der Waals surface area contributed by atoms with Gasteiger partial charge in [-0.2, -0.15) is 0 Å². The third-order valence-electron chi connectivity index (χ3n) is 3.14. The molecule has 0 spiro atoms. The molecule has 2 aromatic carbocycles. The van der Waals surface area contributed by atoms with Crippen LogP contribution in [0.2, 0.25) is 0 Å². The maximum atomic E-state index is 11.9. The van der Waals surface area contributed by atoms with Crippen LogP contribution < -0.4 is 10.6 Å². The van der Waals surface area contributed by atoms with Crippen molar-refractivity contribution in [1.82, 2.24) is 4.98 Å². The van der Waals surface area contributed by atoms with E-state index in [4.69, 9.17) is 0 Å². The summed E-state index contributed by atoms with van der Waals surface area (Å²) in [4.78, 5) is 16.1. The molecule has 0 aliphatic heterocycles. The summed E-state index contributed by atoms with van der Waals surface area (Å²) < 4.78 is 0. The van der Waals surface area contributed by atoms with E-state index >= 15 is 0 Å². The Labute approximate surface area is 128 Å². The highest BCUT2D eigenvalue weighted by atomic mass is 16.2. The summed E-state index contributed by atoms with van der Waals surface area (Å²) in [5, 5.41) is 5.45. The Hall–Kier alpha value is -3.14. The van der Waals surface area contributed by atoms with Crippen molar-refractivity contribution in [2.45, 2.75) is 0 Å². The van der Waals surface area contributed by atoms with E-state index in [2.05, 4.69) is 15.6 Å². The molecule has 0 aliphatic carbocycles. The molecule has 3 aromatic rings. The molecule has 2 N–H and O–H groups in total. The molecule has 22 heavy (non-hydrogen) atoms. The first-order chi connectivity index (χ1) is 10.8. The number of pyridine rings is 1. The van der Waals surface area contributed by atoms with E-state index in [-0.39, 0.29) is 6.03 Å². The van der Waals surface area contributed by atoms with Crippen molar-refractivity contribution < 1.29 is 4.79 Å². The number of rotatable bonds is 3. The minimum absolute atomic E-state index is 0.314. The van der Waals surface area contributed by atoms with Gasteiger partial charge in [0.1, 0.15) is 5.82 Å². The highest BCUT2D eigenvalue weighted by molar-refractivity contribution is 5.99. The summed E-state index contributed by atoms with van der Waals surface area (Å²) in [6.07, 6.45) is 1.74. The van der Waals surface area contributed by atoms with Gasteiger partial charge in [0, 0.05) is 17.4 Å². The van der Waals surface area contributed by atoms with Gasteiger partial charge >= 0.3 is 6.03 Å². The minimum atomic E-state index is -0.314. The van der Waals surface area contributed by atoms with Crippen LogP contribution in [0.5, 0.6) is 0 Å². The Morgan fingerprint density at radius 1 is 0.727 bits per heavy atom. The number of para-hydroxylation sites is 1. The van der Waals surface area contributed by atoms with Gasteiger partial charge in [0.15, 0.2) is 0 Å². The quantitative estimate of drug-likeness (QED) is 0.751. The third kappa shape index (κ3) is 3.49. The molecular formula is C18H15N3O. The standard InChI is InChI=1S/C18H15N3O/c22-18(20-16-9-5-2-6-10-16)21-17-12-11-15(13-19-17)14-7-3-1-4-8-14/h1-13H,(H2,19,20,21,22). The van der Waals surface area contributed by atoms with Gasteiger partial charge in [-0.25, -0.2) is 9.78 Å². The average Bonchev–Trinajstić information content (AvgIpc) is 2.57. The number of hydrogen-bond donors (Lipinski definition) is 2. The number of carbonyl (C=O) groups excluding carboxylic acids is 1. The molecule has 1 heterocycles. The van der Waals surface area contributed by atoms with Crippen molar-refractivity contribution in [3.8, 4) is 11.1 Å². The zero-order chi connectivity index (χ0) is 15.2. The summed E-state index contributed by atoms with van der Waals surface area (Å²) in [5.41, 5.74) is 2.84. The molecule has 4 nitrogen and oxygen atoms in total. The van der Waals surface area contributed by atoms with Crippen molar-refractivity contribution >= 4 is 17.5 Å². The molecule has 3 rings (SSSR count). The number of urea groups is 1. The van der Waals surface area contributed by atoms with Crippen molar-refractivity contribution in [1.29, 1.82) is 0 Å². The smallest absolute Gasteiger partial charge is 0.308 e. The molecule has 108 valence electrons. The van der Waals surface area contributed by atoms with E-state index in [0.717, 1.165) is 16.8 Å². The molecule has 4 heteroatoms. The van der Waals surface area contributed by atoms with Gasteiger partial charge in [-0.3, -0.25) is 5.32 Å². The minimum Gasteiger partial charge on any atom is -0.308 e. The highest BCUT2D eigenvalue weighted by Crippen LogP contribution is 2.19. The maximum absolute atomic E-state index is 11.9. The molecule has 0 aliphatic rings. The third-order valence-corrected chi connectivity index (χ3v) is 3.14. The zero-order valence-corrected chi connectivity index (χ0v) is 11.9. The second-order valence-corrected chi connectivity index (χ2v) is 4.74. The lowest BCUT2D eigenvalue weighted by Gasteiger charge is -2.07. The number of amides is 2. The number of nitrogens with one attached hydrogen (secondary N) is 2. The number of anilines is 2. The largest absolute Gasteiger partial charge is 0.324 e. The van der Waals surface area contributed by atoms with E-state index < -0.39 is 0 Å². The molecular weight excluding hydrogens is 274 g/mol. The molecule has 0 saturated heterocycles. The van der Waals surface area contributed by atoms with Crippen LogP contribution in [-0.2, 0) is 0 Å². The number of nitrogens with zero attached hydrogens (tertiary/aromatic N) is 1. The Kier molecular flexibility index (Phi) is 4.11. The summed E-state index contributed by atoms with van der Waals surface area (Å²) in [7, 11) is 0. The summed E-state index contributed by atoms with van der Waals surface area (Å²) in [5.74, 6) is 0.508. The van der Waals surface area contributed by atoms with Crippen LogP contribution in [0.1, 0.15) is 0 Å². The monoisotopic (exact) mass is 289 g/mol. The van der Waals surface area contributed by atoms with Crippen molar-refractivity contribution in [3.63, 3.8) is 0 Å². The fraction of sp³-hybridized carbons (Fsp3) is 0. The van der Waals surface area contributed by atoms with Gasteiger partial charge in [0.05, 0.1) is 0 Å². The Morgan fingerprint density at radius 2 is 1.41 bits per heavy atom. The van der Waals surface area contributed by atoms with Crippen LogP contribution in [0.25, 0.3) is 11.1 Å². The van der Waals surface area contributed by atoms with Crippen LogP contribution in [0.3, 0.4) is 0 Å². The van der Waals surface area contributed by atoms with Crippen LogP contribution in [0.15, 0.2) is 79.0 Å². The SMILES string of the molecule is O=C(Nc1ccccc1)Nc1ccc(-c2ccccc2)cn1. The van der Waals surface area contributed by atoms with E-state index in [1.807, 2.05) is 66.7 Å². The first-order valence-corrected chi connectivity index (χ1v) is 6.96. The molecule has 0 atom stereocenters. The maximum Gasteiger partial charge on any atom is 0.324 e. The topological polar surface area (TPSA) is 54.0 Å². The predicted octanol–water partition coefficient (Wildman–Crippen LogP) is 4.39. The average molecular weight is 289 g/mol. The molecule has 0 fully saturated rings. The molecule has 0 radical (unpaired) electrons. The normalized spacial score (nSPS) is 10.0. The number of carbonyl (C=O) groups is 1. The lowest BCUT2D eigenvalue weighted by atomic mass is 10.1. The summed E-state index contributed by atoms with van der Waals surface area (Å²) in [6.45, 7) is 0. The van der Waals surface area contributed by atoms with Gasteiger partial charge in [-0.05, 0) is 29.8 Å². The predicted molar refractivity (Wildman–Crippen MR) is 88.8 cm³/mol. The first-order valence-electron chi connectivity index (χ1n) is 6.96. The first kappa shape index (κ1) is 13.8. The van der Waals surface area contributed by atoms with Crippen molar-refractivity contribution in [2.24, 2.45) is 0 Å². The van der Waals surface area contributed by atoms with Gasteiger partial charge in [0.2, 0.25) is 0 Å². The van der Waals surface area contributed by atoms with Crippen LogP contribution >= 0.6 is 0 Å². The van der Waals surface area contributed by atoms with Crippen molar-refractivity contribution in [3.05, 3.63) is 79.0 Å². The van der Waals surface area contributed by atoms with Crippen molar-refractivity contribution in [2.75, 3.05) is 10.6 Å². The number of benzene rings is 2. The van der Waals surface area contributed by atoms with Gasteiger partial charge in [-0.15, -0.1) is 0 Å². The van der Waals surface area contributed by atoms with Gasteiger partial charge in [0.25, 0.3) is 0 Å². The lowest BCUT2D eigenvalue weighted by molar-refractivity contribution is 0.262. The molecule has 0 saturated carbocycles. The van der Waals surface area contributed by atoms with E-state index in [1.165, 1.54) is 0 Å².